The molecule has 51 heavy (non-hydrogen) atoms. The van der Waals surface area contributed by atoms with Crippen LogP contribution in [0.15, 0.2) is 110 Å². The monoisotopic (exact) mass is 660 g/mol. The molecule has 8 bridgehead atoms. The van der Waals surface area contributed by atoms with E-state index in [0.717, 1.165) is 89.5 Å². The maximum absolute atomic E-state index is 5.39. The van der Waals surface area contributed by atoms with Crippen LogP contribution in [0.3, 0.4) is 0 Å². The molecule has 6 nitrogen and oxygen atoms in total. The molecule has 2 aliphatic heterocycles. The number of H-pyrrole nitrogens is 2. The van der Waals surface area contributed by atoms with E-state index >= 15 is 0 Å². The number of hydrogen-bond acceptors (Lipinski definition) is 3. The van der Waals surface area contributed by atoms with Crippen LogP contribution in [0.1, 0.15) is 39.5 Å². The van der Waals surface area contributed by atoms with Crippen molar-refractivity contribution in [2.75, 3.05) is 0 Å². The molecule has 0 unspecified atom stereocenters. The number of fused-ring (bicyclic) bond motifs is 8. The fraction of sp³-hybridized carbons (Fsp3) is 0.0889. The van der Waals surface area contributed by atoms with Gasteiger partial charge in [0.25, 0.3) is 0 Å². The van der Waals surface area contributed by atoms with Crippen molar-refractivity contribution in [1.29, 1.82) is 0 Å². The molecule has 246 valence electrons. The van der Waals surface area contributed by atoms with Crippen molar-refractivity contribution >= 4 is 46.4 Å². The van der Waals surface area contributed by atoms with E-state index in [-0.39, 0.29) is 0 Å². The Labute approximate surface area is 296 Å². The summed E-state index contributed by atoms with van der Waals surface area (Å²) in [5.41, 5.74) is 19.2. The quantitative estimate of drug-likeness (QED) is 0.197. The molecule has 0 aliphatic carbocycles. The van der Waals surface area contributed by atoms with Crippen LogP contribution in [0, 0.1) is 20.8 Å². The first-order chi connectivity index (χ1) is 24.9. The maximum Gasteiger partial charge on any atom is 0.0951 e. The number of nitrogens with one attached hydrogen (secondary N) is 2. The predicted octanol–water partition coefficient (Wildman–Crippen LogP) is 11.0. The van der Waals surface area contributed by atoms with Gasteiger partial charge in [0.05, 0.1) is 45.9 Å². The summed E-state index contributed by atoms with van der Waals surface area (Å²) >= 11 is 0. The highest BCUT2D eigenvalue weighted by molar-refractivity contribution is 5.99. The summed E-state index contributed by atoms with van der Waals surface area (Å²) in [6.07, 6.45) is 12.4. The third kappa shape index (κ3) is 5.51. The van der Waals surface area contributed by atoms with E-state index in [1.165, 1.54) is 16.7 Å². The fourth-order valence-electron chi connectivity index (χ4n) is 7.09. The second kappa shape index (κ2) is 12.1. The summed E-state index contributed by atoms with van der Waals surface area (Å²) in [6, 6.07) is 34.6. The van der Waals surface area contributed by atoms with Crippen molar-refractivity contribution in [3.05, 3.63) is 149 Å². The first kappa shape index (κ1) is 30.5. The molecule has 2 N–H and O–H groups in total. The van der Waals surface area contributed by atoms with E-state index in [1.54, 1.807) is 0 Å². The first-order valence-electron chi connectivity index (χ1n) is 17.2. The minimum absolute atomic E-state index is 0.845. The molecule has 6 heterocycles. The molecule has 7 aromatic rings. The molecular weight excluding hydrogens is 625 g/mol. The lowest BCUT2D eigenvalue weighted by Gasteiger charge is -2.07. The van der Waals surface area contributed by atoms with Crippen LogP contribution in [0.5, 0.6) is 0 Å². The van der Waals surface area contributed by atoms with E-state index in [0.29, 0.717) is 0 Å². The molecule has 0 atom stereocenters. The van der Waals surface area contributed by atoms with E-state index in [4.69, 9.17) is 15.0 Å². The van der Waals surface area contributed by atoms with Gasteiger partial charge in [0.2, 0.25) is 0 Å². The van der Waals surface area contributed by atoms with Crippen LogP contribution in [-0.2, 0) is 7.05 Å². The number of aromatic nitrogens is 6. The van der Waals surface area contributed by atoms with Gasteiger partial charge >= 0.3 is 0 Å². The molecule has 0 spiro atoms. The van der Waals surface area contributed by atoms with Crippen molar-refractivity contribution in [3.63, 3.8) is 0 Å². The van der Waals surface area contributed by atoms with Gasteiger partial charge in [0, 0.05) is 46.5 Å². The average molecular weight is 661 g/mol. The number of benzene rings is 3. The van der Waals surface area contributed by atoms with Gasteiger partial charge in [-0.2, -0.15) is 0 Å². The molecule has 6 heteroatoms. The molecule has 3 aromatic carbocycles. The molecular formula is C45H36N6. The van der Waals surface area contributed by atoms with Gasteiger partial charge in [-0.05, 0) is 86.0 Å². The van der Waals surface area contributed by atoms with Crippen molar-refractivity contribution < 1.29 is 0 Å². The lowest BCUT2D eigenvalue weighted by Crippen LogP contribution is -1.90. The molecule has 9 rings (SSSR count). The zero-order valence-electron chi connectivity index (χ0n) is 29.0. The standard InChI is InChI=1S/C45H36N6/c1-27-5-11-30(12-6-27)42-33-17-19-35(47-33)43(31-13-7-28(2)8-14-31)37-21-23-39(49-37)45(41-25-51(4)26-46-41)40-24-22-38(50-40)44(36-20-18-34(42)48-36)32-15-9-29(3)10-16-32/h5-26,47,50H,1-4H3. The highest BCUT2D eigenvalue weighted by atomic mass is 15.0. The van der Waals surface area contributed by atoms with E-state index in [2.05, 4.69) is 152 Å². The highest BCUT2D eigenvalue weighted by Crippen LogP contribution is 2.38. The summed E-state index contributed by atoms with van der Waals surface area (Å²) in [5, 5.41) is 0. The lowest BCUT2D eigenvalue weighted by molar-refractivity contribution is 0.913. The van der Waals surface area contributed by atoms with Gasteiger partial charge in [-0.25, -0.2) is 15.0 Å². The van der Waals surface area contributed by atoms with Crippen LogP contribution >= 0.6 is 0 Å². The van der Waals surface area contributed by atoms with Crippen molar-refractivity contribution in [2.24, 2.45) is 7.05 Å². The molecule has 2 aliphatic rings. The third-order valence-electron chi connectivity index (χ3n) is 9.74. The zero-order chi connectivity index (χ0) is 34.6. The topological polar surface area (TPSA) is 75.2 Å². The fourth-order valence-corrected chi connectivity index (χ4v) is 7.09. The minimum Gasteiger partial charge on any atom is -0.354 e. The van der Waals surface area contributed by atoms with Gasteiger partial charge in [-0.15, -0.1) is 0 Å². The lowest BCUT2D eigenvalue weighted by atomic mass is 10.0. The number of imidazole rings is 1. The zero-order valence-corrected chi connectivity index (χ0v) is 29.0. The molecule has 0 amide bonds. The maximum atomic E-state index is 5.39. The Balaban J connectivity index is 1.47. The Hall–Kier alpha value is -6.53. The first-order valence-corrected chi connectivity index (χ1v) is 17.2. The van der Waals surface area contributed by atoms with Gasteiger partial charge in [-0.1, -0.05) is 89.5 Å². The predicted molar refractivity (Wildman–Crippen MR) is 212 cm³/mol. The van der Waals surface area contributed by atoms with E-state index < -0.39 is 0 Å². The minimum atomic E-state index is 0.845. The van der Waals surface area contributed by atoms with Gasteiger partial charge in [-0.3, -0.25) is 0 Å². The molecule has 4 aromatic heterocycles. The smallest absolute Gasteiger partial charge is 0.0951 e. The highest BCUT2D eigenvalue weighted by Gasteiger charge is 2.19. The molecule has 0 saturated carbocycles. The molecule has 0 fully saturated rings. The Morgan fingerprint density at radius 3 is 1.10 bits per heavy atom. The van der Waals surface area contributed by atoms with E-state index in [1.807, 2.05) is 24.1 Å². The Bertz CT molecular complexity index is 2650. The summed E-state index contributed by atoms with van der Waals surface area (Å²) in [6.45, 7) is 6.35. The van der Waals surface area contributed by atoms with Crippen molar-refractivity contribution in [3.8, 4) is 44.6 Å². The number of aromatic amines is 2. The Morgan fingerprint density at radius 2 is 0.765 bits per heavy atom. The second-order valence-electron chi connectivity index (χ2n) is 13.5. The molecule has 0 radical (unpaired) electrons. The van der Waals surface area contributed by atoms with Gasteiger partial charge in [0.1, 0.15) is 0 Å². The van der Waals surface area contributed by atoms with Crippen molar-refractivity contribution in [2.45, 2.75) is 20.8 Å². The molecule has 0 saturated heterocycles. The number of nitrogens with zero attached hydrogens (tertiary/aromatic N) is 4. The average Bonchev–Trinajstić information content (AvgIpc) is 3.98. The summed E-state index contributed by atoms with van der Waals surface area (Å²) in [4.78, 5) is 23.2. The van der Waals surface area contributed by atoms with Crippen LogP contribution in [-0.4, -0.2) is 29.5 Å². The van der Waals surface area contributed by atoms with Crippen LogP contribution in [0.4, 0.5) is 0 Å². The normalized spacial score (nSPS) is 12.2. The number of aryl methyl sites for hydroxylation is 4. The van der Waals surface area contributed by atoms with Crippen LogP contribution in [0.2, 0.25) is 0 Å². The SMILES string of the molecule is Cc1ccc(-c2c3nc(c(-c4ccc(C)cc4)c4ccc([nH]4)c(-c4cn(C)cn4)c4nc(c(-c5ccc(C)cc5)c5ccc2[nH]5)C=C4)C=C3)cc1. The van der Waals surface area contributed by atoms with E-state index in [9.17, 15) is 0 Å². The summed E-state index contributed by atoms with van der Waals surface area (Å²) in [7, 11) is 1.99. The third-order valence-corrected chi connectivity index (χ3v) is 9.74. The largest absolute Gasteiger partial charge is 0.354 e. The number of hydrogen-bond donors (Lipinski definition) is 2. The Kier molecular flexibility index (Phi) is 7.25. The van der Waals surface area contributed by atoms with Gasteiger partial charge < -0.3 is 14.5 Å². The van der Waals surface area contributed by atoms with Crippen LogP contribution < -0.4 is 0 Å². The van der Waals surface area contributed by atoms with Gasteiger partial charge in [0.15, 0.2) is 0 Å². The number of rotatable bonds is 4. The van der Waals surface area contributed by atoms with Crippen LogP contribution in [0.25, 0.3) is 91.0 Å². The van der Waals surface area contributed by atoms with Crippen molar-refractivity contribution in [1.82, 2.24) is 29.5 Å². The summed E-state index contributed by atoms with van der Waals surface area (Å²) < 4.78 is 1.97. The Morgan fingerprint density at radius 1 is 0.431 bits per heavy atom. The summed E-state index contributed by atoms with van der Waals surface area (Å²) in [5.74, 6) is 0. The second-order valence-corrected chi connectivity index (χ2v) is 13.5.